The zero-order chi connectivity index (χ0) is 17.2. The third-order valence-corrected chi connectivity index (χ3v) is 5.00. The van der Waals surface area contributed by atoms with E-state index in [2.05, 4.69) is 49.9 Å². The number of nitrogens with zero attached hydrogens (tertiary/aromatic N) is 2. The second kappa shape index (κ2) is 7.24. The molecule has 24 heavy (non-hydrogen) atoms. The fourth-order valence-corrected chi connectivity index (χ4v) is 4.08. The molecule has 4 nitrogen and oxygen atoms in total. The fourth-order valence-electron chi connectivity index (χ4n) is 4.08. The largest absolute Gasteiger partial charge is 0.379 e. The molecular weight excluding hydrogens is 300 g/mol. The highest BCUT2D eigenvalue weighted by Gasteiger charge is 2.45. The van der Waals surface area contributed by atoms with Gasteiger partial charge in [-0.1, -0.05) is 43.7 Å². The first kappa shape index (κ1) is 17.4. The molecule has 0 N–H and O–H groups in total. The highest BCUT2D eigenvalue weighted by molar-refractivity contribution is 5.79. The molecular formula is C20H30N2O2. The molecule has 0 radical (unpaired) electrons. The van der Waals surface area contributed by atoms with Crippen LogP contribution in [0.25, 0.3) is 0 Å². The topological polar surface area (TPSA) is 32.8 Å². The number of hydrogen-bond acceptors (Lipinski definition) is 3. The number of ether oxygens (including phenoxy) is 1. The number of hydrogen-bond donors (Lipinski definition) is 0. The van der Waals surface area contributed by atoms with Crippen molar-refractivity contribution in [3.63, 3.8) is 0 Å². The van der Waals surface area contributed by atoms with Crippen molar-refractivity contribution < 1.29 is 9.53 Å². The number of likely N-dealkylation sites (tertiary alicyclic amines) is 1. The van der Waals surface area contributed by atoms with Crippen LogP contribution in [0, 0.1) is 18.3 Å². The zero-order valence-corrected chi connectivity index (χ0v) is 15.3. The molecule has 1 spiro atoms. The van der Waals surface area contributed by atoms with E-state index >= 15 is 0 Å². The lowest BCUT2D eigenvalue weighted by Crippen LogP contribution is -2.41. The third kappa shape index (κ3) is 4.17. The number of aryl methyl sites for hydroxylation is 1. The van der Waals surface area contributed by atoms with Crippen LogP contribution in [0.5, 0.6) is 0 Å². The van der Waals surface area contributed by atoms with Gasteiger partial charge in [-0.2, -0.15) is 0 Å². The van der Waals surface area contributed by atoms with Crippen molar-refractivity contribution in [2.45, 2.75) is 33.7 Å². The summed E-state index contributed by atoms with van der Waals surface area (Å²) in [4.78, 5) is 17.0. The number of carbonyl (C=O) groups is 1. The smallest absolute Gasteiger partial charge is 0.223 e. The molecule has 4 heteroatoms. The standard InChI is InChI=1S/C20H30N2O2/c1-16(2)11-22-14-20(10-19(22)23)13-21(7-8-24-15-20)12-18-6-4-5-17(3)9-18/h4-6,9,16H,7-8,10-15H2,1-3H3/t20-/m0/s1. The van der Waals surface area contributed by atoms with Gasteiger partial charge in [-0.3, -0.25) is 9.69 Å². The summed E-state index contributed by atoms with van der Waals surface area (Å²) in [7, 11) is 0. The molecule has 1 aromatic carbocycles. The van der Waals surface area contributed by atoms with Crippen LogP contribution in [0.2, 0.25) is 0 Å². The summed E-state index contributed by atoms with van der Waals surface area (Å²) < 4.78 is 5.91. The predicted octanol–water partition coefficient (Wildman–Crippen LogP) is 2.70. The highest BCUT2D eigenvalue weighted by atomic mass is 16.5. The van der Waals surface area contributed by atoms with E-state index < -0.39 is 0 Å². The second-order valence-electron chi connectivity index (χ2n) is 8.10. The molecule has 132 valence electrons. The Kier molecular flexibility index (Phi) is 5.26. The van der Waals surface area contributed by atoms with Crippen LogP contribution in [0.4, 0.5) is 0 Å². The number of carbonyl (C=O) groups excluding carboxylic acids is 1. The minimum absolute atomic E-state index is 0.0354. The Balaban J connectivity index is 1.70. The molecule has 2 aliphatic rings. The van der Waals surface area contributed by atoms with Gasteiger partial charge < -0.3 is 9.64 Å². The molecule has 2 saturated heterocycles. The summed E-state index contributed by atoms with van der Waals surface area (Å²) in [6.45, 7) is 12.5. The van der Waals surface area contributed by atoms with Crippen LogP contribution >= 0.6 is 0 Å². The van der Waals surface area contributed by atoms with Crippen LogP contribution in [0.15, 0.2) is 24.3 Å². The molecule has 2 aliphatic heterocycles. The van der Waals surface area contributed by atoms with Gasteiger partial charge in [0.15, 0.2) is 0 Å². The van der Waals surface area contributed by atoms with E-state index in [4.69, 9.17) is 4.74 Å². The number of benzene rings is 1. The van der Waals surface area contributed by atoms with Crippen LogP contribution in [0.3, 0.4) is 0 Å². The molecule has 0 aliphatic carbocycles. The Morgan fingerprint density at radius 3 is 2.88 bits per heavy atom. The van der Waals surface area contributed by atoms with E-state index in [1.165, 1.54) is 11.1 Å². The molecule has 0 saturated carbocycles. The van der Waals surface area contributed by atoms with Gasteiger partial charge in [0.05, 0.1) is 13.2 Å². The van der Waals surface area contributed by atoms with Gasteiger partial charge in [0.25, 0.3) is 0 Å². The third-order valence-electron chi connectivity index (χ3n) is 5.00. The van der Waals surface area contributed by atoms with Crippen molar-refractivity contribution >= 4 is 5.91 Å². The van der Waals surface area contributed by atoms with Crippen LogP contribution in [-0.2, 0) is 16.1 Å². The van der Waals surface area contributed by atoms with Crippen molar-refractivity contribution in [1.82, 2.24) is 9.80 Å². The van der Waals surface area contributed by atoms with E-state index in [9.17, 15) is 4.79 Å². The summed E-state index contributed by atoms with van der Waals surface area (Å²) in [5, 5.41) is 0. The maximum Gasteiger partial charge on any atom is 0.223 e. The minimum Gasteiger partial charge on any atom is -0.379 e. The lowest BCUT2D eigenvalue weighted by molar-refractivity contribution is -0.128. The quantitative estimate of drug-likeness (QED) is 0.851. The number of amides is 1. The van der Waals surface area contributed by atoms with Gasteiger partial charge in [-0.05, 0) is 18.4 Å². The Hall–Kier alpha value is -1.39. The normalized spacial score (nSPS) is 25.7. The van der Waals surface area contributed by atoms with Crippen molar-refractivity contribution in [3.8, 4) is 0 Å². The van der Waals surface area contributed by atoms with Gasteiger partial charge >= 0.3 is 0 Å². The molecule has 1 atom stereocenters. The SMILES string of the molecule is Cc1cccc(CN2CCOC[C@@]3(CC(=O)N(CC(C)C)C3)C2)c1. The summed E-state index contributed by atoms with van der Waals surface area (Å²) in [6.07, 6.45) is 0.629. The van der Waals surface area contributed by atoms with Crippen molar-refractivity contribution in [2.75, 3.05) is 39.4 Å². The first-order valence-corrected chi connectivity index (χ1v) is 9.09. The zero-order valence-electron chi connectivity index (χ0n) is 15.3. The molecule has 0 unspecified atom stereocenters. The predicted molar refractivity (Wildman–Crippen MR) is 95.7 cm³/mol. The Morgan fingerprint density at radius 2 is 2.12 bits per heavy atom. The van der Waals surface area contributed by atoms with Crippen molar-refractivity contribution in [2.24, 2.45) is 11.3 Å². The van der Waals surface area contributed by atoms with E-state index in [-0.39, 0.29) is 5.41 Å². The van der Waals surface area contributed by atoms with Gasteiger partial charge in [-0.25, -0.2) is 0 Å². The van der Waals surface area contributed by atoms with Gasteiger partial charge in [-0.15, -0.1) is 0 Å². The molecule has 2 heterocycles. The van der Waals surface area contributed by atoms with Gasteiger partial charge in [0.2, 0.25) is 5.91 Å². The Labute approximate surface area is 145 Å². The maximum atomic E-state index is 12.5. The Bertz CT molecular complexity index is 587. The van der Waals surface area contributed by atoms with Crippen molar-refractivity contribution in [1.29, 1.82) is 0 Å². The summed E-state index contributed by atoms with van der Waals surface area (Å²) in [5.74, 6) is 0.809. The van der Waals surface area contributed by atoms with E-state index in [0.717, 1.165) is 39.3 Å². The lowest BCUT2D eigenvalue weighted by atomic mass is 9.87. The molecule has 1 aromatic rings. The van der Waals surface area contributed by atoms with Gasteiger partial charge in [0, 0.05) is 44.6 Å². The van der Waals surface area contributed by atoms with Crippen LogP contribution < -0.4 is 0 Å². The monoisotopic (exact) mass is 330 g/mol. The highest BCUT2D eigenvalue weighted by Crippen LogP contribution is 2.35. The first-order chi connectivity index (χ1) is 11.5. The van der Waals surface area contributed by atoms with Gasteiger partial charge in [0.1, 0.15) is 0 Å². The summed E-state index contributed by atoms with van der Waals surface area (Å²) in [5.41, 5.74) is 2.61. The number of rotatable bonds is 4. The first-order valence-electron chi connectivity index (χ1n) is 9.09. The molecule has 1 amide bonds. The fraction of sp³-hybridized carbons (Fsp3) is 0.650. The van der Waals surface area contributed by atoms with E-state index in [0.29, 0.717) is 24.9 Å². The average Bonchev–Trinajstić information content (AvgIpc) is 2.66. The molecule has 0 bridgehead atoms. The molecule has 0 aromatic heterocycles. The Morgan fingerprint density at radius 1 is 1.29 bits per heavy atom. The summed E-state index contributed by atoms with van der Waals surface area (Å²) in [6, 6.07) is 8.70. The molecule has 2 fully saturated rings. The van der Waals surface area contributed by atoms with Crippen LogP contribution in [-0.4, -0.2) is 55.1 Å². The minimum atomic E-state index is -0.0354. The van der Waals surface area contributed by atoms with E-state index in [1.54, 1.807) is 0 Å². The average molecular weight is 330 g/mol. The van der Waals surface area contributed by atoms with E-state index in [1.807, 2.05) is 4.90 Å². The molecule has 3 rings (SSSR count). The lowest BCUT2D eigenvalue weighted by Gasteiger charge is -2.31. The maximum absolute atomic E-state index is 12.5. The summed E-state index contributed by atoms with van der Waals surface area (Å²) >= 11 is 0. The second-order valence-corrected chi connectivity index (χ2v) is 8.10. The van der Waals surface area contributed by atoms with Crippen LogP contribution in [0.1, 0.15) is 31.4 Å². The van der Waals surface area contributed by atoms with Crippen molar-refractivity contribution in [3.05, 3.63) is 35.4 Å².